The van der Waals surface area contributed by atoms with Gasteiger partial charge in [0.25, 0.3) is 0 Å². The van der Waals surface area contributed by atoms with Crippen LogP contribution < -0.4 is 5.32 Å². The molecular weight excluding hydrogens is 336 g/mol. The summed E-state index contributed by atoms with van der Waals surface area (Å²) in [6.07, 6.45) is 2.20. The van der Waals surface area contributed by atoms with Crippen molar-refractivity contribution in [2.45, 2.75) is 25.3 Å². The summed E-state index contributed by atoms with van der Waals surface area (Å²) in [5.74, 6) is -1.88. The molecule has 2 aromatic rings. The summed E-state index contributed by atoms with van der Waals surface area (Å²) >= 11 is 0. The topological polar surface area (TPSA) is 56.1 Å². The Morgan fingerprint density at radius 1 is 1.19 bits per heavy atom. The van der Waals surface area contributed by atoms with Gasteiger partial charge in [0.15, 0.2) is 11.6 Å². The summed E-state index contributed by atoms with van der Waals surface area (Å²) in [5.41, 5.74) is 0.773. The first-order chi connectivity index (χ1) is 12.6. The number of anilines is 1. The van der Waals surface area contributed by atoms with Crippen molar-refractivity contribution in [1.82, 2.24) is 4.90 Å². The molecule has 2 aromatic carbocycles. The Balaban J connectivity index is 1.57. The average molecular weight is 355 g/mol. The fourth-order valence-electron chi connectivity index (χ4n) is 3.16. The monoisotopic (exact) mass is 355 g/mol. The smallest absolute Gasteiger partial charge is 0.245 e. The second-order valence-corrected chi connectivity index (χ2v) is 6.33. The van der Waals surface area contributed by atoms with Crippen LogP contribution in [0.15, 0.2) is 42.5 Å². The van der Waals surface area contributed by atoms with E-state index in [1.807, 2.05) is 30.3 Å². The number of nitrogens with zero attached hydrogens (tertiary/aromatic N) is 2. The number of likely N-dealkylation sites (tertiary alicyclic amines) is 1. The summed E-state index contributed by atoms with van der Waals surface area (Å²) < 4.78 is 28.0. The average Bonchev–Trinajstić information content (AvgIpc) is 2.99. The number of carbonyl (C=O) groups excluding carboxylic acids is 1. The van der Waals surface area contributed by atoms with Gasteiger partial charge in [0, 0.05) is 13.1 Å². The third-order valence-electron chi connectivity index (χ3n) is 4.52. The normalized spacial score (nSPS) is 16.6. The predicted molar refractivity (Wildman–Crippen MR) is 94.4 cm³/mol. The first kappa shape index (κ1) is 17.9. The summed E-state index contributed by atoms with van der Waals surface area (Å²) in [6.45, 7) is 1.18. The van der Waals surface area contributed by atoms with Crippen molar-refractivity contribution in [3.05, 3.63) is 65.2 Å². The van der Waals surface area contributed by atoms with E-state index in [4.69, 9.17) is 5.26 Å². The van der Waals surface area contributed by atoms with Gasteiger partial charge in [-0.1, -0.05) is 30.3 Å². The second kappa shape index (κ2) is 7.96. The maximum absolute atomic E-state index is 14.0. The minimum atomic E-state index is -0.864. The predicted octanol–water partition coefficient (Wildman–Crippen LogP) is 3.48. The fourth-order valence-corrected chi connectivity index (χ4v) is 3.16. The van der Waals surface area contributed by atoms with Crippen molar-refractivity contribution < 1.29 is 13.6 Å². The van der Waals surface area contributed by atoms with E-state index in [1.54, 1.807) is 11.0 Å². The van der Waals surface area contributed by atoms with Gasteiger partial charge in [0.2, 0.25) is 5.91 Å². The fraction of sp³-hybridized carbons (Fsp3) is 0.300. The van der Waals surface area contributed by atoms with E-state index in [2.05, 4.69) is 5.32 Å². The molecular formula is C20H19F2N3O. The van der Waals surface area contributed by atoms with E-state index >= 15 is 0 Å². The maximum Gasteiger partial charge on any atom is 0.245 e. The Bertz CT molecular complexity index is 810. The van der Waals surface area contributed by atoms with E-state index in [0.29, 0.717) is 19.5 Å². The standard InChI is InChI=1S/C20H19F2N3O/c21-16-11-15(13-23)12-17(22)19(16)24-18-8-10-25(20(18)26)9-4-7-14-5-2-1-3-6-14/h1-3,5-6,11-12,18,24H,4,7-10H2. The zero-order valence-corrected chi connectivity index (χ0v) is 14.2. The van der Waals surface area contributed by atoms with E-state index in [-0.39, 0.29) is 17.2 Å². The number of amides is 1. The zero-order valence-electron chi connectivity index (χ0n) is 14.2. The Kier molecular flexibility index (Phi) is 5.47. The van der Waals surface area contributed by atoms with Crippen LogP contribution in [0.1, 0.15) is 24.0 Å². The molecule has 3 rings (SSSR count). The number of hydrogen-bond acceptors (Lipinski definition) is 3. The van der Waals surface area contributed by atoms with Crippen LogP contribution in [0.3, 0.4) is 0 Å². The van der Waals surface area contributed by atoms with E-state index in [0.717, 1.165) is 25.0 Å². The van der Waals surface area contributed by atoms with Gasteiger partial charge in [-0.3, -0.25) is 4.79 Å². The number of hydrogen-bond donors (Lipinski definition) is 1. The van der Waals surface area contributed by atoms with E-state index in [9.17, 15) is 13.6 Å². The third kappa shape index (κ3) is 3.99. The molecule has 0 spiro atoms. The Hall–Kier alpha value is -2.94. The molecule has 6 heteroatoms. The van der Waals surface area contributed by atoms with Crippen molar-refractivity contribution in [3.63, 3.8) is 0 Å². The van der Waals surface area contributed by atoms with Gasteiger partial charge in [-0.25, -0.2) is 8.78 Å². The molecule has 0 aliphatic carbocycles. The minimum Gasteiger partial charge on any atom is -0.369 e. The molecule has 0 aromatic heterocycles. The lowest BCUT2D eigenvalue weighted by Gasteiger charge is -2.18. The number of carbonyl (C=O) groups is 1. The van der Waals surface area contributed by atoms with Crippen LogP contribution in [0.5, 0.6) is 0 Å². The molecule has 134 valence electrons. The summed E-state index contributed by atoms with van der Waals surface area (Å²) in [5, 5.41) is 11.4. The van der Waals surface area contributed by atoms with Crippen molar-refractivity contribution in [1.29, 1.82) is 5.26 Å². The van der Waals surface area contributed by atoms with Gasteiger partial charge in [0.1, 0.15) is 11.7 Å². The second-order valence-electron chi connectivity index (χ2n) is 6.33. The molecule has 1 heterocycles. The molecule has 1 aliphatic heterocycles. The van der Waals surface area contributed by atoms with Crippen molar-refractivity contribution in [3.8, 4) is 6.07 Å². The largest absolute Gasteiger partial charge is 0.369 e. The minimum absolute atomic E-state index is 0.0918. The number of benzene rings is 2. The molecule has 1 unspecified atom stereocenters. The lowest BCUT2D eigenvalue weighted by atomic mass is 10.1. The van der Waals surface area contributed by atoms with Crippen LogP contribution in [-0.2, 0) is 11.2 Å². The lowest BCUT2D eigenvalue weighted by molar-refractivity contribution is -0.128. The number of aryl methyl sites for hydroxylation is 1. The van der Waals surface area contributed by atoms with Gasteiger partial charge in [-0.2, -0.15) is 5.26 Å². The Morgan fingerprint density at radius 2 is 1.88 bits per heavy atom. The SMILES string of the molecule is N#Cc1cc(F)c(NC2CCN(CCCc3ccccc3)C2=O)c(F)c1. The molecule has 0 bridgehead atoms. The molecule has 1 fully saturated rings. The Morgan fingerprint density at radius 3 is 2.54 bits per heavy atom. The summed E-state index contributed by atoms with van der Waals surface area (Å²) in [4.78, 5) is 14.2. The Labute approximate surface area is 151 Å². The van der Waals surface area contributed by atoms with Crippen molar-refractivity contribution in [2.24, 2.45) is 0 Å². The molecule has 1 amide bonds. The molecule has 1 atom stereocenters. The lowest BCUT2D eigenvalue weighted by Crippen LogP contribution is -2.34. The van der Waals surface area contributed by atoms with Gasteiger partial charge in [-0.15, -0.1) is 0 Å². The number of rotatable bonds is 6. The molecule has 1 aliphatic rings. The number of nitriles is 1. The van der Waals surface area contributed by atoms with E-state index < -0.39 is 17.7 Å². The van der Waals surface area contributed by atoms with Crippen LogP contribution in [-0.4, -0.2) is 29.9 Å². The molecule has 1 saturated heterocycles. The first-order valence-corrected chi connectivity index (χ1v) is 8.57. The maximum atomic E-state index is 14.0. The molecule has 0 saturated carbocycles. The van der Waals surface area contributed by atoms with Crippen LogP contribution >= 0.6 is 0 Å². The molecule has 4 nitrogen and oxygen atoms in total. The number of nitrogens with one attached hydrogen (secondary N) is 1. The van der Waals surface area contributed by atoms with Crippen molar-refractivity contribution in [2.75, 3.05) is 18.4 Å². The third-order valence-corrected chi connectivity index (χ3v) is 4.52. The highest BCUT2D eigenvalue weighted by atomic mass is 19.1. The highest BCUT2D eigenvalue weighted by Gasteiger charge is 2.32. The van der Waals surface area contributed by atoms with E-state index in [1.165, 1.54) is 5.56 Å². The van der Waals surface area contributed by atoms with Crippen LogP contribution in [0, 0.1) is 23.0 Å². The number of halogens is 2. The van der Waals surface area contributed by atoms with Crippen LogP contribution in [0.25, 0.3) is 0 Å². The van der Waals surface area contributed by atoms with Gasteiger partial charge in [0.05, 0.1) is 11.6 Å². The summed E-state index contributed by atoms with van der Waals surface area (Å²) in [6, 6.07) is 13.0. The quantitative estimate of drug-likeness (QED) is 0.863. The molecule has 1 N–H and O–H groups in total. The van der Waals surface area contributed by atoms with Crippen LogP contribution in [0.4, 0.5) is 14.5 Å². The first-order valence-electron chi connectivity index (χ1n) is 8.57. The summed E-state index contributed by atoms with van der Waals surface area (Å²) in [7, 11) is 0. The van der Waals surface area contributed by atoms with Gasteiger partial charge >= 0.3 is 0 Å². The highest BCUT2D eigenvalue weighted by molar-refractivity contribution is 5.86. The molecule has 0 radical (unpaired) electrons. The van der Waals surface area contributed by atoms with Crippen molar-refractivity contribution >= 4 is 11.6 Å². The van der Waals surface area contributed by atoms with Gasteiger partial charge < -0.3 is 10.2 Å². The zero-order chi connectivity index (χ0) is 18.5. The highest BCUT2D eigenvalue weighted by Crippen LogP contribution is 2.24. The molecule has 26 heavy (non-hydrogen) atoms. The van der Waals surface area contributed by atoms with Crippen LogP contribution in [0.2, 0.25) is 0 Å². The van der Waals surface area contributed by atoms with Gasteiger partial charge in [-0.05, 0) is 37.0 Å².